The maximum Gasteiger partial charge on any atom is 0.264 e. The Hall–Kier alpha value is -2.81. The fourth-order valence-corrected chi connectivity index (χ4v) is 7.64. The summed E-state index contributed by atoms with van der Waals surface area (Å²) < 4.78 is 16.2. The second kappa shape index (κ2) is 9.43. The minimum absolute atomic E-state index is 0.00735. The Bertz CT molecular complexity index is 1340. The molecule has 3 saturated carbocycles. The Labute approximate surface area is 222 Å². The molecule has 9 heteroatoms. The molecule has 2 heterocycles. The van der Waals surface area contributed by atoms with Gasteiger partial charge in [-0.1, -0.05) is 25.3 Å². The normalized spacial score (nSPS) is 31.5. The number of imide groups is 1. The molecule has 1 saturated heterocycles. The van der Waals surface area contributed by atoms with E-state index in [0.29, 0.717) is 23.1 Å². The fraction of sp³-hybridized carbons (Fsp3) is 0.655. The molecule has 3 aliphatic carbocycles. The van der Waals surface area contributed by atoms with E-state index < -0.39 is 17.6 Å². The van der Waals surface area contributed by atoms with Gasteiger partial charge in [0.15, 0.2) is 0 Å². The Balaban J connectivity index is 0.981. The van der Waals surface area contributed by atoms with Crippen molar-refractivity contribution in [3.8, 4) is 0 Å². The molecule has 2 amide bonds. The number of piperidine rings is 1. The van der Waals surface area contributed by atoms with Crippen molar-refractivity contribution < 1.29 is 14.0 Å². The van der Waals surface area contributed by atoms with Crippen LogP contribution < -0.4 is 21.5 Å². The number of hydrogen-bond donors (Lipinski definition) is 3. The number of aromatic nitrogens is 2. The number of halogens is 1. The number of unbranched alkanes of at least 4 members (excludes halogenated alkanes) is 4. The third-order valence-corrected chi connectivity index (χ3v) is 9.91. The van der Waals surface area contributed by atoms with Crippen LogP contribution in [-0.4, -0.2) is 45.7 Å². The standard InChI is InChI=1S/C29H38FN5O3/c1-19-33-21-9-7-8-20(24(21)26(38)35(19)22-10-11-23(36)34-25(22)37)31-16-5-3-2-4-6-17-32-29-15-14-28(30)13-12-27(28,29)18-29/h7-9,22,31-32H,2-6,10-18H2,1H3,(H,34,36,37). The zero-order valence-electron chi connectivity index (χ0n) is 22.2. The van der Waals surface area contributed by atoms with Crippen molar-refractivity contribution in [3.63, 3.8) is 0 Å². The number of alkyl halides is 1. The Morgan fingerprint density at radius 3 is 2.53 bits per heavy atom. The average Bonchev–Trinajstić information content (AvgIpc) is 3.55. The minimum Gasteiger partial charge on any atom is -0.384 e. The first-order valence-corrected chi connectivity index (χ1v) is 14.3. The lowest BCUT2D eigenvalue weighted by Crippen LogP contribution is -2.47. The van der Waals surface area contributed by atoms with E-state index in [1.165, 1.54) is 4.57 Å². The SMILES string of the molecule is Cc1nc2cccc(NCCCCCCCNC34CCC5(F)CCC53C4)c2c(=O)n1C1CCC(=O)NC1=O. The van der Waals surface area contributed by atoms with E-state index in [-0.39, 0.29) is 28.8 Å². The molecule has 4 unspecified atom stereocenters. The molecule has 0 bridgehead atoms. The monoisotopic (exact) mass is 523 g/mol. The highest BCUT2D eigenvalue weighted by molar-refractivity contribution is 5.99. The number of amides is 2. The van der Waals surface area contributed by atoms with Crippen LogP contribution in [0.4, 0.5) is 10.1 Å². The van der Waals surface area contributed by atoms with Gasteiger partial charge in [-0.2, -0.15) is 0 Å². The molecule has 6 rings (SSSR count). The number of rotatable bonds is 11. The van der Waals surface area contributed by atoms with Gasteiger partial charge in [0.1, 0.15) is 17.5 Å². The van der Waals surface area contributed by atoms with Crippen molar-refractivity contribution in [3.05, 3.63) is 34.4 Å². The van der Waals surface area contributed by atoms with Crippen LogP contribution in [0.5, 0.6) is 0 Å². The van der Waals surface area contributed by atoms with Gasteiger partial charge in [0.25, 0.3) is 5.56 Å². The summed E-state index contributed by atoms with van der Waals surface area (Å²) in [5.41, 5.74) is 0.311. The van der Waals surface area contributed by atoms with Gasteiger partial charge in [-0.3, -0.25) is 24.3 Å². The van der Waals surface area contributed by atoms with Crippen LogP contribution >= 0.6 is 0 Å². The van der Waals surface area contributed by atoms with Crippen LogP contribution in [0.3, 0.4) is 0 Å². The molecule has 38 heavy (non-hydrogen) atoms. The summed E-state index contributed by atoms with van der Waals surface area (Å²) in [5, 5.41) is 9.95. The largest absolute Gasteiger partial charge is 0.384 e. The molecule has 1 aromatic carbocycles. The third kappa shape index (κ3) is 3.96. The predicted octanol–water partition coefficient (Wildman–Crippen LogP) is 4.06. The molecule has 2 aromatic rings. The van der Waals surface area contributed by atoms with Gasteiger partial charge in [0.2, 0.25) is 11.8 Å². The van der Waals surface area contributed by atoms with Gasteiger partial charge in [-0.15, -0.1) is 0 Å². The summed E-state index contributed by atoms with van der Waals surface area (Å²) >= 11 is 0. The molecular weight excluding hydrogens is 485 g/mol. The molecule has 204 valence electrons. The molecule has 1 spiro atoms. The summed E-state index contributed by atoms with van der Waals surface area (Å²) in [6, 6.07) is 4.84. The highest BCUT2D eigenvalue weighted by Gasteiger charge is 2.84. The first-order valence-electron chi connectivity index (χ1n) is 14.3. The lowest BCUT2D eigenvalue weighted by molar-refractivity contribution is -0.135. The number of fused-ring (bicyclic) bond motifs is 1. The zero-order chi connectivity index (χ0) is 26.5. The predicted molar refractivity (Wildman–Crippen MR) is 144 cm³/mol. The molecule has 3 N–H and O–H groups in total. The van der Waals surface area contributed by atoms with Crippen molar-refractivity contribution in [2.45, 2.75) is 101 Å². The van der Waals surface area contributed by atoms with Crippen LogP contribution in [0.2, 0.25) is 0 Å². The zero-order valence-corrected chi connectivity index (χ0v) is 22.2. The van der Waals surface area contributed by atoms with E-state index >= 15 is 0 Å². The number of benzene rings is 1. The highest BCUT2D eigenvalue weighted by atomic mass is 19.1. The number of nitrogens with one attached hydrogen (secondary N) is 3. The second-order valence-corrected chi connectivity index (χ2v) is 11.9. The van der Waals surface area contributed by atoms with Crippen molar-refractivity contribution in [2.24, 2.45) is 5.41 Å². The summed E-state index contributed by atoms with van der Waals surface area (Å²) in [6.45, 7) is 3.45. The molecule has 4 fully saturated rings. The summed E-state index contributed by atoms with van der Waals surface area (Å²) in [5.74, 6) is -0.299. The maximum absolute atomic E-state index is 14.8. The number of nitrogens with zero attached hydrogens (tertiary/aromatic N) is 2. The number of carbonyl (C=O) groups is 2. The Morgan fingerprint density at radius 1 is 1.05 bits per heavy atom. The van der Waals surface area contributed by atoms with Crippen LogP contribution in [0.25, 0.3) is 10.9 Å². The fourth-order valence-electron chi connectivity index (χ4n) is 7.64. The van der Waals surface area contributed by atoms with Gasteiger partial charge in [0, 0.05) is 29.6 Å². The van der Waals surface area contributed by atoms with E-state index in [1.807, 2.05) is 18.2 Å². The summed E-state index contributed by atoms with van der Waals surface area (Å²) in [4.78, 5) is 42.1. The third-order valence-electron chi connectivity index (χ3n) is 9.91. The first kappa shape index (κ1) is 25.5. The van der Waals surface area contributed by atoms with Crippen LogP contribution in [0, 0.1) is 12.3 Å². The summed E-state index contributed by atoms with van der Waals surface area (Å²) in [7, 11) is 0. The molecular formula is C29H38FN5O3. The van der Waals surface area contributed by atoms with E-state index in [2.05, 4.69) is 20.9 Å². The van der Waals surface area contributed by atoms with Crippen molar-refractivity contribution in [2.75, 3.05) is 18.4 Å². The van der Waals surface area contributed by atoms with Crippen LogP contribution in [0.15, 0.2) is 23.0 Å². The Kier molecular flexibility index (Phi) is 6.32. The minimum atomic E-state index is -0.857. The van der Waals surface area contributed by atoms with Gasteiger partial charge >= 0.3 is 0 Å². The molecule has 1 aliphatic heterocycles. The lowest BCUT2D eigenvalue weighted by atomic mass is 9.68. The first-order chi connectivity index (χ1) is 18.3. The van der Waals surface area contributed by atoms with Crippen molar-refractivity contribution in [1.82, 2.24) is 20.2 Å². The van der Waals surface area contributed by atoms with Gasteiger partial charge < -0.3 is 10.6 Å². The summed E-state index contributed by atoms with van der Waals surface area (Å²) in [6.07, 6.45) is 10.7. The number of aryl methyl sites for hydroxylation is 1. The number of anilines is 1. The smallest absolute Gasteiger partial charge is 0.264 e. The molecule has 8 nitrogen and oxygen atoms in total. The van der Waals surface area contributed by atoms with Gasteiger partial charge in [0.05, 0.1) is 10.9 Å². The topological polar surface area (TPSA) is 105 Å². The van der Waals surface area contributed by atoms with Gasteiger partial charge in [-0.05, 0) is 77.0 Å². The van der Waals surface area contributed by atoms with E-state index in [4.69, 9.17) is 0 Å². The molecule has 0 radical (unpaired) electrons. The quantitative estimate of drug-likeness (QED) is 0.303. The van der Waals surface area contributed by atoms with Crippen molar-refractivity contribution >= 4 is 28.4 Å². The van der Waals surface area contributed by atoms with Crippen LogP contribution in [0.1, 0.15) is 88.9 Å². The maximum atomic E-state index is 14.8. The Morgan fingerprint density at radius 2 is 1.82 bits per heavy atom. The van der Waals surface area contributed by atoms with Crippen molar-refractivity contribution in [1.29, 1.82) is 0 Å². The molecule has 4 aliphatic rings. The average molecular weight is 524 g/mol. The lowest BCUT2D eigenvalue weighted by Gasteiger charge is -2.42. The number of hydrogen-bond acceptors (Lipinski definition) is 6. The molecule has 1 aromatic heterocycles. The van der Waals surface area contributed by atoms with Gasteiger partial charge in [-0.25, -0.2) is 9.37 Å². The number of carbonyl (C=O) groups excluding carboxylic acids is 2. The van der Waals surface area contributed by atoms with E-state index in [9.17, 15) is 18.8 Å². The van der Waals surface area contributed by atoms with E-state index in [0.717, 1.165) is 83.0 Å². The highest BCUT2D eigenvalue weighted by Crippen LogP contribution is 2.81. The van der Waals surface area contributed by atoms with E-state index in [1.54, 1.807) is 6.92 Å². The second-order valence-electron chi connectivity index (χ2n) is 11.9. The molecule has 4 atom stereocenters. The van der Waals surface area contributed by atoms with Crippen LogP contribution in [-0.2, 0) is 9.59 Å².